The molecule has 1 N–H and O–H groups in total. The molecule has 0 spiro atoms. The van der Waals surface area contributed by atoms with E-state index in [1.54, 1.807) is 12.1 Å². The number of carbonyl (C=O) groups excluding carboxylic acids is 1. The lowest BCUT2D eigenvalue weighted by Gasteiger charge is -2.20. The van der Waals surface area contributed by atoms with Crippen LogP contribution in [0.4, 0.5) is 0 Å². The lowest BCUT2D eigenvalue weighted by Crippen LogP contribution is -2.41. The summed E-state index contributed by atoms with van der Waals surface area (Å²) in [6, 6.07) is 2.43. The normalized spacial score (nSPS) is 19.4. The first kappa shape index (κ1) is 12.4. The molecule has 1 fully saturated rings. The maximum Gasteiger partial charge on any atom is 0.327 e. The number of thioether (sulfide) groups is 1. The minimum atomic E-state index is -0.962. The molecule has 0 aromatic carbocycles. The van der Waals surface area contributed by atoms with Crippen molar-refractivity contribution >= 4 is 39.6 Å². The van der Waals surface area contributed by atoms with E-state index in [9.17, 15) is 9.59 Å². The molecule has 1 amide bonds. The molecule has 1 atom stereocenters. The molecule has 90 valence electrons. The van der Waals surface area contributed by atoms with Gasteiger partial charge in [0.15, 0.2) is 0 Å². The third-order valence-corrected chi connectivity index (χ3v) is 3.85. The first-order valence-electron chi connectivity index (χ1n) is 4.82. The van der Waals surface area contributed by atoms with Gasteiger partial charge >= 0.3 is 5.97 Å². The molecule has 1 aliphatic rings. The lowest BCUT2D eigenvalue weighted by atomic mass is 10.2. The molecular formula is C10H9BrN2O3S. The Morgan fingerprint density at radius 3 is 3.00 bits per heavy atom. The molecule has 0 saturated carbocycles. The van der Waals surface area contributed by atoms with Crippen molar-refractivity contribution < 1.29 is 14.7 Å². The molecule has 7 heteroatoms. The van der Waals surface area contributed by atoms with Gasteiger partial charge in [0.05, 0.1) is 5.88 Å². The van der Waals surface area contributed by atoms with Crippen LogP contribution in [0.1, 0.15) is 10.4 Å². The predicted octanol–water partition coefficient (Wildman–Crippen LogP) is 1.44. The molecule has 0 radical (unpaired) electrons. The van der Waals surface area contributed by atoms with Gasteiger partial charge < -0.3 is 10.0 Å². The van der Waals surface area contributed by atoms with E-state index in [0.717, 1.165) is 0 Å². The van der Waals surface area contributed by atoms with Crippen LogP contribution in [0.5, 0.6) is 0 Å². The smallest absolute Gasteiger partial charge is 0.327 e. The number of amides is 1. The molecule has 1 unspecified atom stereocenters. The molecule has 2 rings (SSSR count). The van der Waals surface area contributed by atoms with Crippen LogP contribution < -0.4 is 0 Å². The summed E-state index contributed by atoms with van der Waals surface area (Å²) < 4.78 is 0.557. The van der Waals surface area contributed by atoms with E-state index < -0.39 is 12.0 Å². The molecule has 0 aliphatic carbocycles. The zero-order valence-electron chi connectivity index (χ0n) is 8.67. The van der Waals surface area contributed by atoms with E-state index in [1.165, 1.54) is 22.9 Å². The number of hydrogen-bond donors (Lipinski definition) is 1. The second-order valence-electron chi connectivity index (χ2n) is 3.50. The van der Waals surface area contributed by atoms with E-state index in [2.05, 4.69) is 20.9 Å². The van der Waals surface area contributed by atoms with E-state index in [0.29, 0.717) is 21.8 Å². The summed E-state index contributed by atoms with van der Waals surface area (Å²) in [6.45, 7) is 0. The molecule has 1 aliphatic heterocycles. The zero-order chi connectivity index (χ0) is 12.4. The first-order valence-corrected chi connectivity index (χ1v) is 6.77. The Morgan fingerprint density at radius 2 is 2.35 bits per heavy atom. The third kappa shape index (κ3) is 2.61. The van der Waals surface area contributed by atoms with Gasteiger partial charge in [-0.2, -0.15) is 0 Å². The Balaban J connectivity index is 2.23. The second kappa shape index (κ2) is 5.05. The fourth-order valence-electron chi connectivity index (χ4n) is 1.55. The number of aromatic nitrogens is 1. The number of carbonyl (C=O) groups is 2. The molecular weight excluding hydrogens is 308 g/mol. The average Bonchev–Trinajstić information content (AvgIpc) is 2.77. The van der Waals surface area contributed by atoms with Gasteiger partial charge in [-0.1, -0.05) is 0 Å². The maximum absolute atomic E-state index is 12.1. The minimum Gasteiger partial charge on any atom is -0.480 e. The SMILES string of the molecule is O=C(O)C1CSCN1C(=O)c1ccnc(Br)c1. The largest absolute Gasteiger partial charge is 0.480 e. The van der Waals surface area contributed by atoms with E-state index in [1.807, 2.05) is 0 Å². The second-order valence-corrected chi connectivity index (χ2v) is 5.31. The van der Waals surface area contributed by atoms with E-state index in [-0.39, 0.29) is 5.91 Å². The highest BCUT2D eigenvalue weighted by molar-refractivity contribution is 9.10. The van der Waals surface area contributed by atoms with Gasteiger partial charge in [0.1, 0.15) is 10.6 Å². The van der Waals surface area contributed by atoms with Gasteiger partial charge in [0.25, 0.3) is 5.91 Å². The van der Waals surface area contributed by atoms with Crippen LogP contribution in [0, 0.1) is 0 Å². The number of hydrogen-bond acceptors (Lipinski definition) is 4. The van der Waals surface area contributed by atoms with Gasteiger partial charge in [0, 0.05) is 17.5 Å². The minimum absolute atomic E-state index is 0.273. The van der Waals surface area contributed by atoms with Crippen molar-refractivity contribution in [2.24, 2.45) is 0 Å². The monoisotopic (exact) mass is 316 g/mol. The maximum atomic E-state index is 12.1. The molecule has 17 heavy (non-hydrogen) atoms. The summed E-state index contributed by atoms with van der Waals surface area (Å²) in [5.41, 5.74) is 0.445. The van der Waals surface area contributed by atoms with Gasteiger partial charge in [-0.25, -0.2) is 9.78 Å². The molecule has 0 bridgehead atoms. The Hall–Kier alpha value is -1.08. The van der Waals surface area contributed by atoms with Gasteiger partial charge in [-0.15, -0.1) is 11.8 Å². The van der Waals surface area contributed by atoms with Crippen LogP contribution in [0.3, 0.4) is 0 Å². The zero-order valence-corrected chi connectivity index (χ0v) is 11.1. The van der Waals surface area contributed by atoms with E-state index >= 15 is 0 Å². The highest BCUT2D eigenvalue weighted by atomic mass is 79.9. The summed E-state index contributed by atoms with van der Waals surface area (Å²) >= 11 is 4.62. The quantitative estimate of drug-likeness (QED) is 0.836. The van der Waals surface area contributed by atoms with Gasteiger partial charge in [0.2, 0.25) is 0 Å². The molecule has 1 aromatic heterocycles. The van der Waals surface area contributed by atoms with Crippen LogP contribution >= 0.6 is 27.7 Å². The summed E-state index contributed by atoms with van der Waals surface area (Å²) in [4.78, 5) is 28.4. The number of nitrogens with zero attached hydrogens (tertiary/aromatic N) is 2. The number of pyridine rings is 1. The molecule has 1 saturated heterocycles. The highest BCUT2D eigenvalue weighted by Gasteiger charge is 2.34. The standard InChI is InChI=1S/C10H9BrN2O3S/c11-8-3-6(1-2-12-8)9(14)13-5-17-4-7(13)10(15)16/h1-3,7H,4-5H2,(H,15,16). The van der Waals surface area contributed by atoms with Gasteiger partial charge in [-0.3, -0.25) is 4.79 Å². The van der Waals surface area contributed by atoms with Crippen molar-refractivity contribution in [1.29, 1.82) is 0 Å². The Morgan fingerprint density at radius 1 is 1.59 bits per heavy atom. The van der Waals surface area contributed by atoms with Crippen molar-refractivity contribution in [3.8, 4) is 0 Å². The topological polar surface area (TPSA) is 70.5 Å². The van der Waals surface area contributed by atoms with Gasteiger partial charge in [-0.05, 0) is 28.1 Å². The summed E-state index contributed by atoms with van der Waals surface area (Å²) in [6.07, 6.45) is 1.51. The fourth-order valence-corrected chi connectivity index (χ4v) is 3.06. The third-order valence-electron chi connectivity index (χ3n) is 2.40. The van der Waals surface area contributed by atoms with Crippen molar-refractivity contribution in [2.75, 3.05) is 11.6 Å². The number of halogens is 1. The predicted molar refractivity (Wildman–Crippen MR) is 66.9 cm³/mol. The number of carboxylic acid groups (broad SMARTS) is 1. The lowest BCUT2D eigenvalue weighted by molar-refractivity contribution is -0.140. The van der Waals surface area contributed by atoms with Crippen molar-refractivity contribution in [3.63, 3.8) is 0 Å². The van der Waals surface area contributed by atoms with Crippen LogP contribution in [0.15, 0.2) is 22.9 Å². The van der Waals surface area contributed by atoms with Crippen molar-refractivity contribution in [1.82, 2.24) is 9.88 Å². The Labute approximate surface area is 110 Å². The number of aliphatic carboxylic acids is 1. The average molecular weight is 317 g/mol. The summed E-state index contributed by atoms with van der Waals surface area (Å²) in [7, 11) is 0. The molecule has 1 aromatic rings. The summed E-state index contributed by atoms with van der Waals surface area (Å²) in [5, 5.41) is 9.01. The summed E-state index contributed by atoms with van der Waals surface area (Å²) in [5.74, 6) is -0.384. The molecule has 5 nitrogen and oxygen atoms in total. The van der Waals surface area contributed by atoms with Crippen LogP contribution in [-0.2, 0) is 4.79 Å². The van der Waals surface area contributed by atoms with Crippen molar-refractivity contribution in [3.05, 3.63) is 28.5 Å². The number of rotatable bonds is 2. The van der Waals surface area contributed by atoms with Crippen LogP contribution in [0.25, 0.3) is 0 Å². The highest BCUT2D eigenvalue weighted by Crippen LogP contribution is 2.23. The van der Waals surface area contributed by atoms with Crippen molar-refractivity contribution in [2.45, 2.75) is 6.04 Å². The van der Waals surface area contributed by atoms with E-state index in [4.69, 9.17) is 5.11 Å². The first-order chi connectivity index (χ1) is 8.09. The molecule has 2 heterocycles. The van der Waals surface area contributed by atoms with Crippen LogP contribution in [0.2, 0.25) is 0 Å². The Bertz CT molecular complexity index is 469. The number of carboxylic acids is 1. The Kier molecular flexibility index (Phi) is 3.68. The fraction of sp³-hybridized carbons (Fsp3) is 0.300. The van der Waals surface area contributed by atoms with Crippen LogP contribution in [-0.4, -0.2) is 44.5 Å².